The van der Waals surface area contributed by atoms with E-state index in [-0.39, 0.29) is 0 Å². The summed E-state index contributed by atoms with van der Waals surface area (Å²) < 4.78 is 0. The zero-order valence-corrected chi connectivity index (χ0v) is 10.2. The maximum absolute atomic E-state index is 3.78. The van der Waals surface area contributed by atoms with Gasteiger partial charge >= 0.3 is 0 Å². The molecule has 15 heavy (non-hydrogen) atoms. The Morgan fingerprint density at radius 2 is 1.93 bits per heavy atom. The molecule has 0 aliphatic rings. The van der Waals surface area contributed by atoms with Gasteiger partial charge in [0.05, 0.1) is 0 Å². The van der Waals surface area contributed by atoms with E-state index in [0.717, 1.165) is 0 Å². The molecule has 0 spiro atoms. The quantitative estimate of drug-likeness (QED) is 0.738. The number of aryl methyl sites for hydroxylation is 2. The van der Waals surface area contributed by atoms with Gasteiger partial charge in [-0.25, -0.2) is 0 Å². The summed E-state index contributed by atoms with van der Waals surface area (Å²) in [4.78, 5) is 0. The van der Waals surface area contributed by atoms with Gasteiger partial charge in [-0.1, -0.05) is 29.8 Å². The van der Waals surface area contributed by atoms with Crippen molar-refractivity contribution in [1.29, 1.82) is 0 Å². The van der Waals surface area contributed by atoms with Crippen molar-refractivity contribution < 1.29 is 0 Å². The van der Waals surface area contributed by atoms with Gasteiger partial charge < -0.3 is 5.32 Å². The van der Waals surface area contributed by atoms with Gasteiger partial charge in [-0.3, -0.25) is 0 Å². The van der Waals surface area contributed by atoms with Crippen LogP contribution >= 0.6 is 0 Å². The van der Waals surface area contributed by atoms with E-state index >= 15 is 0 Å². The monoisotopic (exact) mass is 203 g/mol. The molecule has 0 fully saturated rings. The average Bonchev–Trinajstić information content (AvgIpc) is 2.21. The largest absolute Gasteiger partial charge is 0.304 e. The fourth-order valence-electron chi connectivity index (χ4n) is 1.78. The van der Waals surface area contributed by atoms with Crippen molar-refractivity contribution in [3.05, 3.63) is 47.5 Å². The predicted molar refractivity (Wildman–Crippen MR) is 67.1 cm³/mol. The van der Waals surface area contributed by atoms with Crippen LogP contribution in [-0.2, 0) is 0 Å². The predicted octanol–water partition coefficient (Wildman–Crippen LogP) is 3.53. The first kappa shape index (κ1) is 12.0. The molecule has 0 amide bonds. The summed E-state index contributed by atoms with van der Waals surface area (Å²) in [5, 5.41) is 3.50. The molecule has 1 N–H and O–H groups in total. The summed E-state index contributed by atoms with van der Waals surface area (Å²) in [5.74, 6) is 0. The van der Waals surface area contributed by atoms with Crippen LogP contribution in [0.25, 0.3) is 0 Å². The molecule has 1 rings (SSSR count). The maximum Gasteiger partial charge on any atom is 0.0299 e. The molecule has 82 valence electrons. The minimum Gasteiger partial charge on any atom is -0.304 e. The summed E-state index contributed by atoms with van der Waals surface area (Å²) in [5.41, 5.74) is 4.04. The van der Waals surface area contributed by atoms with E-state index < -0.39 is 0 Å². The average molecular weight is 203 g/mol. The number of benzene rings is 1. The summed E-state index contributed by atoms with van der Waals surface area (Å²) in [7, 11) is 0. The second-order valence-corrected chi connectivity index (χ2v) is 4.27. The Kier molecular flexibility index (Phi) is 4.10. The van der Waals surface area contributed by atoms with E-state index in [1.165, 1.54) is 16.7 Å². The zero-order chi connectivity index (χ0) is 11.4. The second kappa shape index (κ2) is 5.13. The highest BCUT2D eigenvalue weighted by molar-refractivity contribution is 5.32. The van der Waals surface area contributed by atoms with Gasteiger partial charge in [-0.05, 0) is 38.8 Å². The molecule has 0 aliphatic carbocycles. The molecule has 2 unspecified atom stereocenters. The molecular formula is C14H21N. The molecule has 0 bridgehead atoms. The second-order valence-electron chi connectivity index (χ2n) is 4.27. The number of nitrogens with one attached hydrogen (secondary N) is 1. The normalized spacial score (nSPS) is 14.7. The Balaban J connectivity index is 2.85. The van der Waals surface area contributed by atoms with E-state index in [1.54, 1.807) is 0 Å². The highest BCUT2D eigenvalue weighted by Crippen LogP contribution is 2.19. The molecule has 0 aromatic heterocycles. The third-order valence-electron chi connectivity index (χ3n) is 2.77. The van der Waals surface area contributed by atoms with Gasteiger partial charge in [0.1, 0.15) is 0 Å². The molecule has 0 radical (unpaired) electrons. The summed E-state index contributed by atoms with van der Waals surface area (Å²) in [6, 6.07) is 7.31. The van der Waals surface area contributed by atoms with Gasteiger partial charge in [0.25, 0.3) is 0 Å². The summed E-state index contributed by atoms with van der Waals surface area (Å²) in [6.07, 6.45) is 1.93. The molecular weight excluding hydrogens is 182 g/mol. The lowest BCUT2D eigenvalue weighted by atomic mass is 9.99. The van der Waals surface area contributed by atoms with Crippen molar-refractivity contribution in [2.45, 2.75) is 39.8 Å². The van der Waals surface area contributed by atoms with Crippen molar-refractivity contribution >= 4 is 0 Å². The summed E-state index contributed by atoms with van der Waals surface area (Å²) in [6.45, 7) is 12.4. The van der Waals surface area contributed by atoms with Crippen molar-refractivity contribution in [3.8, 4) is 0 Å². The van der Waals surface area contributed by atoms with E-state index in [1.807, 2.05) is 6.08 Å². The van der Waals surface area contributed by atoms with Crippen LogP contribution in [0, 0.1) is 13.8 Å². The van der Waals surface area contributed by atoms with Crippen LogP contribution in [-0.4, -0.2) is 6.04 Å². The molecule has 1 heteroatoms. The Labute approximate surface area is 93.2 Å². The van der Waals surface area contributed by atoms with Crippen LogP contribution in [0.4, 0.5) is 0 Å². The minimum atomic E-state index is 0.347. The van der Waals surface area contributed by atoms with E-state index in [0.29, 0.717) is 12.1 Å². The van der Waals surface area contributed by atoms with Crippen molar-refractivity contribution in [1.82, 2.24) is 5.32 Å². The smallest absolute Gasteiger partial charge is 0.0299 e. The molecule has 2 atom stereocenters. The molecule has 0 saturated heterocycles. The van der Waals surface area contributed by atoms with E-state index in [9.17, 15) is 0 Å². The standard InChI is InChI=1S/C14H21N/c1-6-12(4)15-13(5)14-9-10(2)7-8-11(14)3/h6-9,12-13,15H,1H2,2-5H3. The third-order valence-corrected chi connectivity index (χ3v) is 2.77. The highest BCUT2D eigenvalue weighted by Gasteiger charge is 2.09. The van der Waals surface area contributed by atoms with Crippen LogP contribution in [0.5, 0.6) is 0 Å². The third kappa shape index (κ3) is 3.21. The van der Waals surface area contributed by atoms with Crippen LogP contribution in [0.15, 0.2) is 30.9 Å². The fraction of sp³-hybridized carbons (Fsp3) is 0.429. The van der Waals surface area contributed by atoms with Crippen molar-refractivity contribution in [3.63, 3.8) is 0 Å². The van der Waals surface area contributed by atoms with Gasteiger partial charge in [0.2, 0.25) is 0 Å². The van der Waals surface area contributed by atoms with Crippen LogP contribution in [0.2, 0.25) is 0 Å². The lowest BCUT2D eigenvalue weighted by molar-refractivity contribution is 0.535. The minimum absolute atomic E-state index is 0.347. The molecule has 1 nitrogen and oxygen atoms in total. The van der Waals surface area contributed by atoms with E-state index in [4.69, 9.17) is 0 Å². The van der Waals surface area contributed by atoms with Crippen molar-refractivity contribution in [2.75, 3.05) is 0 Å². The highest BCUT2D eigenvalue weighted by atomic mass is 14.9. The SMILES string of the molecule is C=CC(C)NC(C)c1cc(C)ccc1C. The lowest BCUT2D eigenvalue weighted by Gasteiger charge is -2.20. The van der Waals surface area contributed by atoms with Crippen LogP contribution in [0.3, 0.4) is 0 Å². The first-order valence-corrected chi connectivity index (χ1v) is 5.50. The number of hydrogen-bond donors (Lipinski definition) is 1. The van der Waals surface area contributed by atoms with Crippen molar-refractivity contribution in [2.24, 2.45) is 0 Å². The zero-order valence-electron chi connectivity index (χ0n) is 10.2. The van der Waals surface area contributed by atoms with Crippen LogP contribution < -0.4 is 5.32 Å². The molecule has 1 aromatic rings. The maximum atomic E-state index is 3.78. The number of rotatable bonds is 4. The van der Waals surface area contributed by atoms with Gasteiger partial charge in [0.15, 0.2) is 0 Å². The first-order chi connectivity index (χ1) is 7.04. The molecule has 0 heterocycles. The number of hydrogen-bond acceptors (Lipinski definition) is 1. The lowest BCUT2D eigenvalue weighted by Crippen LogP contribution is -2.27. The first-order valence-electron chi connectivity index (χ1n) is 5.50. The van der Waals surface area contributed by atoms with Crippen LogP contribution in [0.1, 0.15) is 36.6 Å². The van der Waals surface area contributed by atoms with E-state index in [2.05, 4.69) is 57.8 Å². The topological polar surface area (TPSA) is 12.0 Å². The molecule has 0 saturated carbocycles. The molecule has 0 aliphatic heterocycles. The summed E-state index contributed by atoms with van der Waals surface area (Å²) >= 11 is 0. The van der Waals surface area contributed by atoms with Gasteiger partial charge in [-0.2, -0.15) is 0 Å². The Morgan fingerprint density at radius 1 is 1.27 bits per heavy atom. The fourth-order valence-corrected chi connectivity index (χ4v) is 1.78. The Hall–Kier alpha value is -1.08. The van der Waals surface area contributed by atoms with Gasteiger partial charge in [0, 0.05) is 12.1 Å². The van der Waals surface area contributed by atoms with Gasteiger partial charge in [-0.15, -0.1) is 6.58 Å². The Morgan fingerprint density at radius 3 is 2.53 bits per heavy atom. The Bertz CT molecular complexity index is 341. The molecule has 1 aromatic carbocycles.